The van der Waals surface area contributed by atoms with Crippen molar-refractivity contribution in [3.63, 3.8) is 0 Å². The summed E-state index contributed by atoms with van der Waals surface area (Å²) in [6.07, 6.45) is 1.70. The van der Waals surface area contributed by atoms with E-state index in [1.807, 2.05) is 14.1 Å². The molecule has 0 radical (unpaired) electrons. The van der Waals surface area contributed by atoms with Crippen molar-refractivity contribution in [1.82, 2.24) is 4.90 Å². The number of benzene rings is 2. The molecule has 0 unspecified atom stereocenters. The monoisotopic (exact) mass is 329 g/mol. The number of hydrogen-bond acceptors (Lipinski definition) is 4. The molecule has 0 atom stereocenters. The van der Waals surface area contributed by atoms with Crippen molar-refractivity contribution >= 4 is 11.4 Å². The minimum absolute atomic E-state index is 0.231. The SMILES string of the molecule is COc1ccc(OC)c(C(=O)C(=CN(C)C)c2ccc(F)cc2)c1. The van der Waals surface area contributed by atoms with E-state index in [0.29, 0.717) is 28.2 Å². The van der Waals surface area contributed by atoms with Gasteiger partial charge in [0.1, 0.15) is 17.3 Å². The summed E-state index contributed by atoms with van der Waals surface area (Å²) in [5.41, 5.74) is 1.45. The average molecular weight is 329 g/mol. The number of allylic oxidation sites excluding steroid dienone is 1. The van der Waals surface area contributed by atoms with Crippen molar-refractivity contribution < 1.29 is 18.7 Å². The molecule has 0 amide bonds. The Hall–Kier alpha value is -2.82. The lowest BCUT2D eigenvalue weighted by molar-refractivity contribution is 0.105. The summed E-state index contributed by atoms with van der Waals surface area (Å²) >= 11 is 0. The molecule has 0 saturated heterocycles. The Morgan fingerprint density at radius 1 is 1.04 bits per heavy atom. The van der Waals surface area contributed by atoms with E-state index >= 15 is 0 Å². The Morgan fingerprint density at radius 2 is 1.71 bits per heavy atom. The predicted molar refractivity (Wildman–Crippen MR) is 91.9 cm³/mol. The number of carbonyl (C=O) groups is 1. The highest BCUT2D eigenvalue weighted by molar-refractivity contribution is 6.29. The van der Waals surface area contributed by atoms with Crippen LogP contribution in [0.1, 0.15) is 15.9 Å². The van der Waals surface area contributed by atoms with Gasteiger partial charge in [0, 0.05) is 25.9 Å². The molecule has 0 N–H and O–H groups in total. The fourth-order valence-electron chi connectivity index (χ4n) is 2.29. The summed E-state index contributed by atoms with van der Waals surface area (Å²) in [4.78, 5) is 14.9. The number of carbonyl (C=O) groups excluding carboxylic acids is 1. The molecule has 0 heterocycles. The molecule has 24 heavy (non-hydrogen) atoms. The minimum atomic E-state index is -0.352. The quantitative estimate of drug-likeness (QED) is 0.599. The van der Waals surface area contributed by atoms with Gasteiger partial charge in [0.05, 0.1) is 19.8 Å². The lowest BCUT2D eigenvalue weighted by Gasteiger charge is -2.14. The van der Waals surface area contributed by atoms with Crippen LogP contribution in [0.5, 0.6) is 11.5 Å². The molecule has 0 aliphatic heterocycles. The third-order valence-electron chi connectivity index (χ3n) is 3.44. The van der Waals surface area contributed by atoms with E-state index in [0.717, 1.165) is 0 Å². The zero-order valence-corrected chi connectivity index (χ0v) is 14.2. The number of methoxy groups -OCH3 is 2. The molecule has 2 aromatic rings. The molecule has 0 aliphatic carbocycles. The maximum atomic E-state index is 13.2. The molecule has 2 rings (SSSR count). The second-order valence-electron chi connectivity index (χ2n) is 5.41. The third-order valence-corrected chi connectivity index (χ3v) is 3.44. The van der Waals surface area contributed by atoms with Crippen molar-refractivity contribution in [3.05, 3.63) is 65.6 Å². The van der Waals surface area contributed by atoms with Crippen molar-refractivity contribution in [3.8, 4) is 11.5 Å². The molecule has 2 aromatic carbocycles. The van der Waals surface area contributed by atoms with E-state index in [2.05, 4.69) is 0 Å². The van der Waals surface area contributed by atoms with Crippen LogP contribution >= 0.6 is 0 Å². The fraction of sp³-hybridized carbons (Fsp3) is 0.211. The van der Waals surface area contributed by atoms with Gasteiger partial charge in [0.2, 0.25) is 0 Å². The highest BCUT2D eigenvalue weighted by Crippen LogP contribution is 2.29. The molecule has 0 bridgehead atoms. The highest BCUT2D eigenvalue weighted by atomic mass is 19.1. The Bertz CT molecular complexity index is 752. The summed E-state index contributed by atoms with van der Waals surface area (Å²) in [6, 6.07) is 10.9. The Balaban J connectivity index is 2.55. The van der Waals surface area contributed by atoms with Crippen molar-refractivity contribution in [2.75, 3.05) is 28.3 Å². The standard InChI is InChI=1S/C19H20FNO3/c1-21(2)12-17(13-5-7-14(20)8-6-13)19(22)16-11-15(23-3)9-10-18(16)24-4/h5-12H,1-4H3. The van der Waals surface area contributed by atoms with E-state index in [9.17, 15) is 9.18 Å². The average Bonchev–Trinajstić information content (AvgIpc) is 2.59. The zero-order chi connectivity index (χ0) is 17.7. The van der Waals surface area contributed by atoms with E-state index < -0.39 is 0 Å². The van der Waals surface area contributed by atoms with Crippen LogP contribution in [0, 0.1) is 5.82 Å². The fourth-order valence-corrected chi connectivity index (χ4v) is 2.29. The third kappa shape index (κ3) is 3.93. The van der Waals surface area contributed by atoms with Crippen LogP contribution < -0.4 is 9.47 Å². The topological polar surface area (TPSA) is 38.8 Å². The summed E-state index contributed by atoms with van der Waals surface area (Å²) in [5.74, 6) is 0.426. The smallest absolute Gasteiger partial charge is 0.198 e. The van der Waals surface area contributed by atoms with Gasteiger partial charge >= 0.3 is 0 Å². The van der Waals surface area contributed by atoms with Crippen molar-refractivity contribution in [2.24, 2.45) is 0 Å². The number of nitrogens with zero attached hydrogens (tertiary/aromatic N) is 1. The second-order valence-corrected chi connectivity index (χ2v) is 5.41. The van der Waals surface area contributed by atoms with Crippen LogP contribution in [-0.4, -0.2) is 39.0 Å². The number of rotatable bonds is 6. The molecule has 0 saturated carbocycles. The second kappa shape index (κ2) is 7.64. The van der Waals surface area contributed by atoms with Crippen LogP contribution in [0.25, 0.3) is 5.57 Å². The molecule has 0 fully saturated rings. The molecule has 0 spiro atoms. The van der Waals surface area contributed by atoms with Gasteiger partial charge in [-0.05, 0) is 35.9 Å². The molecular weight excluding hydrogens is 309 g/mol. The van der Waals surface area contributed by atoms with Gasteiger partial charge in [-0.25, -0.2) is 4.39 Å². The summed E-state index contributed by atoms with van der Waals surface area (Å²) < 4.78 is 23.7. The predicted octanol–water partition coefficient (Wildman–Crippen LogP) is 3.63. The highest BCUT2D eigenvalue weighted by Gasteiger charge is 2.20. The van der Waals surface area contributed by atoms with Gasteiger partial charge in [-0.1, -0.05) is 12.1 Å². The molecule has 0 aromatic heterocycles. The van der Waals surface area contributed by atoms with Gasteiger partial charge in [0.25, 0.3) is 0 Å². The largest absolute Gasteiger partial charge is 0.497 e. The van der Waals surface area contributed by atoms with Gasteiger partial charge in [-0.3, -0.25) is 4.79 Å². The number of hydrogen-bond donors (Lipinski definition) is 0. The van der Waals surface area contributed by atoms with Gasteiger partial charge in [0.15, 0.2) is 5.78 Å². The van der Waals surface area contributed by atoms with Crippen LogP contribution in [-0.2, 0) is 0 Å². The van der Waals surface area contributed by atoms with E-state index in [1.165, 1.54) is 26.4 Å². The van der Waals surface area contributed by atoms with Crippen molar-refractivity contribution in [2.45, 2.75) is 0 Å². The van der Waals surface area contributed by atoms with Crippen LogP contribution in [0.3, 0.4) is 0 Å². The number of Topliss-reactive ketones (excluding diaryl/α,β-unsaturated/α-hetero) is 1. The van der Waals surface area contributed by atoms with Gasteiger partial charge in [-0.15, -0.1) is 0 Å². The minimum Gasteiger partial charge on any atom is -0.497 e. The van der Waals surface area contributed by atoms with Gasteiger partial charge in [-0.2, -0.15) is 0 Å². The number of ether oxygens (including phenoxy) is 2. The number of halogens is 1. The zero-order valence-electron chi connectivity index (χ0n) is 14.2. The van der Waals surface area contributed by atoms with Crippen LogP contribution in [0.15, 0.2) is 48.7 Å². The molecule has 0 aliphatic rings. The van der Waals surface area contributed by atoms with E-state index in [4.69, 9.17) is 9.47 Å². The first-order valence-corrected chi connectivity index (χ1v) is 7.37. The molecular formula is C19H20FNO3. The molecule has 4 nitrogen and oxygen atoms in total. The van der Waals surface area contributed by atoms with E-state index in [1.54, 1.807) is 41.4 Å². The maximum Gasteiger partial charge on any atom is 0.198 e. The van der Waals surface area contributed by atoms with Gasteiger partial charge < -0.3 is 14.4 Å². The Labute approximate surface area is 141 Å². The summed E-state index contributed by atoms with van der Waals surface area (Å²) in [7, 11) is 6.68. The summed E-state index contributed by atoms with van der Waals surface area (Å²) in [6.45, 7) is 0. The Morgan fingerprint density at radius 3 is 2.25 bits per heavy atom. The van der Waals surface area contributed by atoms with Crippen LogP contribution in [0.4, 0.5) is 4.39 Å². The number of ketones is 1. The lowest BCUT2D eigenvalue weighted by atomic mass is 9.96. The lowest BCUT2D eigenvalue weighted by Crippen LogP contribution is -2.10. The first-order valence-electron chi connectivity index (χ1n) is 7.37. The van der Waals surface area contributed by atoms with Crippen LogP contribution in [0.2, 0.25) is 0 Å². The van der Waals surface area contributed by atoms with E-state index in [-0.39, 0.29) is 11.6 Å². The molecule has 126 valence electrons. The molecule has 5 heteroatoms. The Kier molecular flexibility index (Phi) is 5.58. The summed E-state index contributed by atoms with van der Waals surface area (Å²) in [5, 5.41) is 0. The normalized spacial score (nSPS) is 11.1. The first-order chi connectivity index (χ1) is 11.5. The maximum absolute atomic E-state index is 13.2. The first kappa shape index (κ1) is 17.5. The van der Waals surface area contributed by atoms with Crippen molar-refractivity contribution in [1.29, 1.82) is 0 Å².